The Morgan fingerprint density at radius 2 is 1.92 bits per heavy atom. The molecule has 25 heavy (non-hydrogen) atoms. The van der Waals surface area contributed by atoms with Crippen molar-refractivity contribution in [3.8, 4) is 0 Å². The predicted molar refractivity (Wildman–Crippen MR) is 98.3 cm³/mol. The fourth-order valence-corrected chi connectivity index (χ4v) is 3.06. The molecule has 0 unspecified atom stereocenters. The maximum atomic E-state index is 13.6. The van der Waals surface area contributed by atoms with Crippen LogP contribution in [0.15, 0.2) is 36.4 Å². The number of hydrogen-bond donors (Lipinski definition) is 2. The minimum absolute atomic E-state index is 0.131. The van der Waals surface area contributed by atoms with E-state index in [1.807, 2.05) is 4.72 Å². The largest absolute Gasteiger partial charge is 0.326 e. The van der Waals surface area contributed by atoms with Gasteiger partial charge in [-0.05, 0) is 36.2 Å². The summed E-state index contributed by atoms with van der Waals surface area (Å²) in [5.41, 5.74) is 0.774. The molecule has 0 aliphatic heterocycles. The molecule has 0 spiro atoms. The molecule has 0 heterocycles. The van der Waals surface area contributed by atoms with Crippen LogP contribution in [0, 0.1) is 5.82 Å². The van der Waals surface area contributed by atoms with E-state index in [2.05, 4.69) is 5.32 Å². The number of sulfonamides is 1. The maximum Gasteiger partial charge on any atom is 0.229 e. The third-order valence-electron chi connectivity index (χ3n) is 3.20. The molecule has 0 atom stereocenters. The monoisotopic (exact) mass is 404 g/mol. The molecule has 2 aromatic rings. The minimum Gasteiger partial charge on any atom is -0.326 e. The lowest BCUT2D eigenvalue weighted by atomic mass is 10.1. The Morgan fingerprint density at radius 1 is 1.20 bits per heavy atom. The van der Waals surface area contributed by atoms with Gasteiger partial charge in [0, 0.05) is 12.1 Å². The van der Waals surface area contributed by atoms with Crippen molar-refractivity contribution in [1.29, 1.82) is 0 Å². The summed E-state index contributed by atoms with van der Waals surface area (Å²) in [5, 5.41) is 3.40. The molecule has 2 aromatic carbocycles. The number of carbonyl (C=O) groups is 1. The molecule has 9 heteroatoms. The van der Waals surface area contributed by atoms with Gasteiger partial charge < -0.3 is 5.32 Å². The fraction of sp³-hybridized carbons (Fsp3) is 0.188. The summed E-state index contributed by atoms with van der Waals surface area (Å²) >= 11 is 12.0. The van der Waals surface area contributed by atoms with Crippen molar-refractivity contribution in [2.75, 3.05) is 16.3 Å². The lowest BCUT2D eigenvalue weighted by molar-refractivity contribution is -0.116. The second-order valence-corrected chi connectivity index (χ2v) is 7.86. The smallest absolute Gasteiger partial charge is 0.229 e. The summed E-state index contributed by atoms with van der Waals surface area (Å²) < 4.78 is 38.1. The fourth-order valence-electron chi connectivity index (χ4n) is 2.09. The number of rotatable bonds is 6. The number of hydrogen-bond acceptors (Lipinski definition) is 3. The standard InChI is InChI=1S/C16H15Cl2FN2O3S/c1-25(23,24)21-14-9-11(6-7-13(14)19)20-15(22)8-5-10-3-2-4-12(17)16(10)18/h2-4,6-7,9,21H,5,8H2,1H3,(H,20,22). The molecule has 0 aliphatic rings. The van der Waals surface area contributed by atoms with Crippen molar-refractivity contribution in [2.45, 2.75) is 12.8 Å². The van der Waals surface area contributed by atoms with Crippen LogP contribution in [0.5, 0.6) is 0 Å². The second kappa shape index (κ2) is 8.03. The Morgan fingerprint density at radius 3 is 2.60 bits per heavy atom. The van der Waals surface area contributed by atoms with E-state index in [9.17, 15) is 17.6 Å². The topological polar surface area (TPSA) is 75.3 Å². The first-order chi connectivity index (χ1) is 11.7. The summed E-state index contributed by atoms with van der Waals surface area (Å²) in [6, 6.07) is 8.78. The van der Waals surface area contributed by atoms with Crippen LogP contribution >= 0.6 is 23.2 Å². The lowest BCUT2D eigenvalue weighted by Crippen LogP contribution is -2.14. The number of benzene rings is 2. The number of amides is 1. The SMILES string of the molecule is CS(=O)(=O)Nc1cc(NC(=O)CCc2cccc(Cl)c2Cl)ccc1F. The first-order valence-electron chi connectivity index (χ1n) is 7.16. The van der Waals surface area contributed by atoms with Crippen LogP contribution in [0.1, 0.15) is 12.0 Å². The summed E-state index contributed by atoms with van der Waals surface area (Å²) in [6.45, 7) is 0. The summed E-state index contributed by atoms with van der Waals surface area (Å²) in [4.78, 5) is 12.0. The zero-order chi connectivity index (χ0) is 18.6. The van der Waals surface area contributed by atoms with E-state index in [4.69, 9.17) is 23.2 Å². The number of anilines is 2. The molecule has 5 nitrogen and oxygen atoms in total. The molecule has 0 saturated carbocycles. The molecular formula is C16H15Cl2FN2O3S. The molecule has 1 amide bonds. The van der Waals surface area contributed by atoms with Crippen molar-refractivity contribution in [1.82, 2.24) is 0 Å². The average molecular weight is 405 g/mol. The zero-order valence-electron chi connectivity index (χ0n) is 13.1. The maximum absolute atomic E-state index is 13.6. The highest BCUT2D eigenvalue weighted by molar-refractivity contribution is 7.92. The van der Waals surface area contributed by atoms with E-state index in [0.717, 1.165) is 17.9 Å². The van der Waals surface area contributed by atoms with Gasteiger partial charge in [0.15, 0.2) is 0 Å². The lowest BCUT2D eigenvalue weighted by Gasteiger charge is -2.10. The van der Waals surface area contributed by atoms with Crippen LogP contribution in [-0.2, 0) is 21.2 Å². The van der Waals surface area contributed by atoms with Gasteiger partial charge in [-0.15, -0.1) is 0 Å². The summed E-state index contributed by atoms with van der Waals surface area (Å²) in [5.74, 6) is -1.07. The molecule has 0 fully saturated rings. The van der Waals surface area contributed by atoms with Gasteiger partial charge >= 0.3 is 0 Å². The third-order valence-corrected chi connectivity index (χ3v) is 4.65. The van der Waals surface area contributed by atoms with Gasteiger partial charge in [-0.1, -0.05) is 35.3 Å². The van der Waals surface area contributed by atoms with Gasteiger partial charge in [0.1, 0.15) is 5.82 Å². The van der Waals surface area contributed by atoms with Crippen molar-refractivity contribution in [2.24, 2.45) is 0 Å². The third kappa shape index (κ3) is 5.88. The van der Waals surface area contributed by atoms with E-state index < -0.39 is 15.8 Å². The highest BCUT2D eigenvalue weighted by Crippen LogP contribution is 2.26. The molecule has 0 bridgehead atoms. The molecule has 0 saturated heterocycles. The van der Waals surface area contributed by atoms with Gasteiger partial charge in [0.2, 0.25) is 15.9 Å². The van der Waals surface area contributed by atoms with E-state index in [1.54, 1.807) is 18.2 Å². The van der Waals surface area contributed by atoms with Gasteiger partial charge in [-0.25, -0.2) is 12.8 Å². The zero-order valence-corrected chi connectivity index (χ0v) is 15.5. The number of aryl methyl sites for hydroxylation is 1. The number of carbonyl (C=O) groups excluding carboxylic acids is 1. The van der Waals surface area contributed by atoms with Crippen molar-refractivity contribution < 1.29 is 17.6 Å². The van der Waals surface area contributed by atoms with Crippen LogP contribution in [0.3, 0.4) is 0 Å². The van der Waals surface area contributed by atoms with Crippen LogP contribution < -0.4 is 10.0 Å². The Balaban J connectivity index is 2.03. The molecule has 134 valence electrons. The summed E-state index contributed by atoms with van der Waals surface area (Å²) in [6.07, 6.45) is 1.42. The molecule has 0 aromatic heterocycles. The number of nitrogens with one attached hydrogen (secondary N) is 2. The van der Waals surface area contributed by atoms with E-state index in [0.29, 0.717) is 16.5 Å². The molecule has 0 aliphatic carbocycles. The Bertz CT molecular complexity index is 904. The van der Waals surface area contributed by atoms with Crippen molar-refractivity contribution in [3.63, 3.8) is 0 Å². The minimum atomic E-state index is -3.63. The summed E-state index contributed by atoms with van der Waals surface area (Å²) in [7, 11) is -3.63. The predicted octanol–water partition coefficient (Wildman–Crippen LogP) is 4.08. The molecule has 0 radical (unpaired) electrons. The molecular weight excluding hydrogens is 390 g/mol. The highest BCUT2D eigenvalue weighted by atomic mass is 35.5. The molecule has 2 rings (SSSR count). The normalized spacial score (nSPS) is 11.2. The van der Waals surface area contributed by atoms with Crippen LogP contribution in [0.25, 0.3) is 0 Å². The van der Waals surface area contributed by atoms with Crippen molar-refractivity contribution >= 4 is 50.5 Å². The van der Waals surface area contributed by atoms with Gasteiger partial charge in [0.25, 0.3) is 0 Å². The van der Waals surface area contributed by atoms with E-state index in [1.165, 1.54) is 12.1 Å². The Labute approximate surface area is 155 Å². The molecule has 2 N–H and O–H groups in total. The van der Waals surface area contributed by atoms with Gasteiger partial charge in [0.05, 0.1) is 22.0 Å². The van der Waals surface area contributed by atoms with E-state index in [-0.39, 0.29) is 23.7 Å². The quantitative estimate of drug-likeness (QED) is 0.761. The van der Waals surface area contributed by atoms with Gasteiger partial charge in [-0.3, -0.25) is 9.52 Å². The number of halogens is 3. The Hall–Kier alpha value is -1.83. The highest BCUT2D eigenvalue weighted by Gasteiger charge is 2.11. The first-order valence-corrected chi connectivity index (χ1v) is 9.80. The van der Waals surface area contributed by atoms with Crippen LogP contribution in [0.4, 0.5) is 15.8 Å². The van der Waals surface area contributed by atoms with Crippen LogP contribution in [0.2, 0.25) is 10.0 Å². The van der Waals surface area contributed by atoms with Crippen LogP contribution in [-0.4, -0.2) is 20.6 Å². The average Bonchev–Trinajstić information content (AvgIpc) is 2.51. The second-order valence-electron chi connectivity index (χ2n) is 5.33. The van der Waals surface area contributed by atoms with Gasteiger partial charge in [-0.2, -0.15) is 0 Å². The van der Waals surface area contributed by atoms with E-state index >= 15 is 0 Å². The first kappa shape index (κ1) is 19.5. The van der Waals surface area contributed by atoms with Crippen molar-refractivity contribution in [3.05, 3.63) is 57.8 Å². The Kier molecular flexibility index (Phi) is 6.26.